The van der Waals surface area contributed by atoms with Crippen LogP contribution in [0.1, 0.15) is 11.3 Å². The van der Waals surface area contributed by atoms with Gasteiger partial charge in [-0.15, -0.1) is 0 Å². The lowest BCUT2D eigenvalue weighted by atomic mass is 10.2. The summed E-state index contributed by atoms with van der Waals surface area (Å²) in [5.74, 6) is -0.884. The topological polar surface area (TPSA) is 67.5 Å². The Kier molecular flexibility index (Phi) is 2.95. The third kappa shape index (κ3) is 2.14. The summed E-state index contributed by atoms with van der Waals surface area (Å²) >= 11 is 0. The molecule has 0 fully saturated rings. The van der Waals surface area contributed by atoms with Gasteiger partial charge in [0.15, 0.2) is 0 Å². The van der Waals surface area contributed by atoms with Crippen molar-refractivity contribution in [3.05, 3.63) is 54.0 Å². The van der Waals surface area contributed by atoms with E-state index in [2.05, 4.69) is 9.97 Å². The maximum atomic E-state index is 11.1. The molecule has 5 heteroatoms. The number of aliphatic carboxylic acids is 1. The molecular weight excluding hydrogens is 254 g/mol. The van der Waals surface area contributed by atoms with Crippen LogP contribution in [0, 0.1) is 6.92 Å². The van der Waals surface area contributed by atoms with Crippen LogP contribution >= 0.6 is 0 Å². The molecule has 100 valence electrons. The molecule has 3 rings (SSSR count). The van der Waals surface area contributed by atoms with Crippen molar-refractivity contribution in [1.82, 2.24) is 14.4 Å². The van der Waals surface area contributed by atoms with Crippen molar-refractivity contribution in [1.29, 1.82) is 0 Å². The lowest BCUT2D eigenvalue weighted by molar-refractivity contribution is -0.136. The Labute approximate surface area is 115 Å². The molecule has 0 saturated carbocycles. The summed E-state index contributed by atoms with van der Waals surface area (Å²) in [4.78, 5) is 19.9. The summed E-state index contributed by atoms with van der Waals surface area (Å²) in [6.45, 7) is 1.96. The summed E-state index contributed by atoms with van der Waals surface area (Å²) in [6, 6.07) is 9.35. The SMILES string of the molecule is Cc1ccc2nc(-c3ccccn3)c(CC(=O)O)n2c1. The van der Waals surface area contributed by atoms with Gasteiger partial charge in [-0.3, -0.25) is 9.78 Å². The van der Waals surface area contributed by atoms with Crippen LogP contribution in [-0.4, -0.2) is 25.4 Å². The maximum Gasteiger partial charge on any atom is 0.309 e. The molecule has 0 aliphatic carbocycles. The highest BCUT2D eigenvalue weighted by Crippen LogP contribution is 2.23. The summed E-state index contributed by atoms with van der Waals surface area (Å²) < 4.78 is 1.83. The largest absolute Gasteiger partial charge is 0.481 e. The Bertz CT molecular complexity index is 778. The Balaban J connectivity index is 2.28. The fraction of sp³-hybridized carbons (Fsp3) is 0.133. The van der Waals surface area contributed by atoms with Crippen LogP contribution in [0.3, 0.4) is 0 Å². The van der Waals surface area contributed by atoms with Gasteiger partial charge >= 0.3 is 5.97 Å². The molecule has 3 heterocycles. The Morgan fingerprint density at radius 2 is 2.15 bits per heavy atom. The number of imidazole rings is 1. The van der Waals surface area contributed by atoms with Gasteiger partial charge in [0, 0.05) is 12.4 Å². The van der Waals surface area contributed by atoms with E-state index in [0.29, 0.717) is 17.1 Å². The van der Waals surface area contributed by atoms with Gasteiger partial charge in [0.25, 0.3) is 0 Å². The van der Waals surface area contributed by atoms with Crippen LogP contribution in [0.2, 0.25) is 0 Å². The third-order valence-corrected chi connectivity index (χ3v) is 3.09. The monoisotopic (exact) mass is 267 g/mol. The van der Waals surface area contributed by atoms with Crippen molar-refractivity contribution in [3.8, 4) is 11.4 Å². The fourth-order valence-corrected chi connectivity index (χ4v) is 2.22. The number of pyridine rings is 2. The minimum atomic E-state index is -0.884. The first kappa shape index (κ1) is 12.3. The second-order valence-electron chi connectivity index (χ2n) is 4.63. The van der Waals surface area contributed by atoms with Gasteiger partial charge in [-0.25, -0.2) is 4.98 Å². The number of aryl methyl sites for hydroxylation is 1. The molecule has 3 aromatic rings. The van der Waals surface area contributed by atoms with Gasteiger partial charge in [0.1, 0.15) is 11.3 Å². The molecule has 0 amide bonds. The van der Waals surface area contributed by atoms with Gasteiger partial charge in [0.2, 0.25) is 0 Å². The molecule has 3 aromatic heterocycles. The molecule has 0 atom stereocenters. The minimum absolute atomic E-state index is 0.0868. The Morgan fingerprint density at radius 1 is 1.30 bits per heavy atom. The van der Waals surface area contributed by atoms with Crippen LogP contribution in [0.4, 0.5) is 0 Å². The van der Waals surface area contributed by atoms with Crippen molar-refractivity contribution in [3.63, 3.8) is 0 Å². The van der Waals surface area contributed by atoms with Crippen LogP contribution in [0.5, 0.6) is 0 Å². The number of carbonyl (C=O) groups is 1. The number of fused-ring (bicyclic) bond motifs is 1. The number of hydrogen-bond acceptors (Lipinski definition) is 3. The summed E-state index contributed by atoms with van der Waals surface area (Å²) in [7, 11) is 0. The van der Waals surface area contributed by atoms with Crippen molar-refractivity contribution >= 4 is 11.6 Å². The second-order valence-corrected chi connectivity index (χ2v) is 4.63. The highest BCUT2D eigenvalue weighted by molar-refractivity contribution is 5.75. The Morgan fingerprint density at radius 3 is 2.85 bits per heavy atom. The van der Waals surface area contributed by atoms with E-state index in [9.17, 15) is 4.79 Å². The zero-order valence-electron chi connectivity index (χ0n) is 10.9. The van der Waals surface area contributed by atoms with E-state index in [1.165, 1.54) is 0 Å². The standard InChI is InChI=1S/C15H13N3O2/c1-10-5-6-13-17-15(11-4-2-3-7-16-11)12(8-14(19)20)18(13)9-10/h2-7,9H,8H2,1H3,(H,19,20). The number of carboxylic acid groups (broad SMARTS) is 1. The Hall–Kier alpha value is -2.69. The van der Waals surface area contributed by atoms with E-state index < -0.39 is 5.97 Å². The van der Waals surface area contributed by atoms with Crippen molar-refractivity contribution in [2.24, 2.45) is 0 Å². The highest BCUT2D eigenvalue weighted by atomic mass is 16.4. The molecule has 0 aliphatic rings. The molecule has 0 spiro atoms. The van der Waals surface area contributed by atoms with E-state index in [4.69, 9.17) is 5.11 Å². The zero-order chi connectivity index (χ0) is 14.1. The van der Waals surface area contributed by atoms with E-state index in [-0.39, 0.29) is 6.42 Å². The van der Waals surface area contributed by atoms with Crippen molar-refractivity contribution in [2.75, 3.05) is 0 Å². The minimum Gasteiger partial charge on any atom is -0.481 e. The van der Waals surface area contributed by atoms with Crippen LogP contribution in [0.25, 0.3) is 17.0 Å². The van der Waals surface area contributed by atoms with Gasteiger partial charge in [0.05, 0.1) is 17.8 Å². The molecule has 5 nitrogen and oxygen atoms in total. The number of hydrogen-bond donors (Lipinski definition) is 1. The van der Waals surface area contributed by atoms with Gasteiger partial charge in [-0.2, -0.15) is 0 Å². The molecule has 0 aromatic carbocycles. The quantitative estimate of drug-likeness (QED) is 0.790. The summed E-state index contributed by atoms with van der Waals surface area (Å²) in [5.41, 5.74) is 3.74. The molecule has 0 radical (unpaired) electrons. The van der Waals surface area contributed by atoms with E-state index in [0.717, 1.165) is 11.2 Å². The fourth-order valence-electron chi connectivity index (χ4n) is 2.22. The molecule has 0 saturated heterocycles. The van der Waals surface area contributed by atoms with Crippen LogP contribution < -0.4 is 0 Å². The first-order valence-corrected chi connectivity index (χ1v) is 6.26. The molecule has 0 bridgehead atoms. The average Bonchev–Trinajstić information content (AvgIpc) is 2.77. The van der Waals surface area contributed by atoms with Crippen LogP contribution in [-0.2, 0) is 11.2 Å². The first-order chi connectivity index (χ1) is 9.65. The molecule has 0 aliphatic heterocycles. The molecular formula is C15H13N3O2. The van der Waals surface area contributed by atoms with E-state index >= 15 is 0 Å². The molecule has 1 N–H and O–H groups in total. The van der Waals surface area contributed by atoms with Gasteiger partial charge in [-0.1, -0.05) is 12.1 Å². The summed E-state index contributed by atoms with van der Waals surface area (Å²) in [5, 5.41) is 9.12. The molecule has 0 unspecified atom stereocenters. The van der Waals surface area contributed by atoms with E-state index in [1.807, 2.05) is 47.9 Å². The smallest absolute Gasteiger partial charge is 0.309 e. The second kappa shape index (κ2) is 4.77. The van der Waals surface area contributed by atoms with Crippen molar-refractivity contribution < 1.29 is 9.90 Å². The van der Waals surface area contributed by atoms with Gasteiger partial charge < -0.3 is 9.51 Å². The lowest BCUT2D eigenvalue weighted by Crippen LogP contribution is -2.05. The van der Waals surface area contributed by atoms with Gasteiger partial charge in [-0.05, 0) is 30.7 Å². The predicted octanol–water partition coefficient (Wildman–Crippen LogP) is 2.33. The predicted molar refractivity (Wildman–Crippen MR) is 74.5 cm³/mol. The number of nitrogens with zero attached hydrogens (tertiary/aromatic N) is 3. The lowest BCUT2D eigenvalue weighted by Gasteiger charge is -2.02. The van der Waals surface area contributed by atoms with E-state index in [1.54, 1.807) is 6.20 Å². The number of carboxylic acids is 1. The first-order valence-electron chi connectivity index (χ1n) is 6.26. The third-order valence-electron chi connectivity index (χ3n) is 3.09. The number of aromatic nitrogens is 3. The highest BCUT2D eigenvalue weighted by Gasteiger charge is 2.17. The zero-order valence-corrected chi connectivity index (χ0v) is 10.9. The van der Waals surface area contributed by atoms with Crippen LogP contribution in [0.15, 0.2) is 42.7 Å². The normalized spacial score (nSPS) is 10.8. The maximum absolute atomic E-state index is 11.1. The molecule has 20 heavy (non-hydrogen) atoms. The number of rotatable bonds is 3. The van der Waals surface area contributed by atoms with Crippen molar-refractivity contribution in [2.45, 2.75) is 13.3 Å². The summed E-state index contributed by atoms with van der Waals surface area (Å²) in [6.07, 6.45) is 3.48. The average molecular weight is 267 g/mol.